The van der Waals surface area contributed by atoms with Gasteiger partial charge in [0, 0.05) is 19.6 Å². The van der Waals surface area contributed by atoms with Crippen LogP contribution in [0.5, 0.6) is 0 Å². The second-order valence-corrected chi connectivity index (χ2v) is 4.83. The highest BCUT2D eigenvalue weighted by atomic mass is 19.1. The van der Waals surface area contributed by atoms with Crippen LogP contribution in [-0.2, 0) is 4.79 Å². The maximum absolute atomic E-state index is 12.8. The van der Waals surface area contributed by atoms with Gasteiger partial charge in [0.05, 0.1) is 12.6 Å². The topological polar surface area (TPSA) is 43.8 Å². The molecule has 0 heterocycles. The Morgan fingerprint density at radius 2 is 1.80 bits per heavy atom. The number of aliphatic hydroxyl groups excluding tert-OH is 1. The normalized spacial score (nSPS) is 12.5. The number of amides is 1. The number of hydrogen-bond acceptors (Lipinski definition) is 3. The smallest absolute Gasteiger partial charge is 0.236 e. The van der Waals surface area contributed by atoms with Gasteiger partial charge in [0.1, 0.15) is 5.82 Å². The molecule has 5 heteroatoms. The third kappa shape index (κ3) is 4.90. The van der Waals surface area contributed by atoms with E-state index in [1.54, 1.807) is 29.0 Å². The van der Waals surface area contributed by atoms with Gasteiger partial charge in [0.2, 0.25) is 5.91 Å². The Bertz CT molecular complexity index is 418. The quantitative estimate of drug-likeness (QED) is 0.827. The van der Waals surface area contributed by atoms with Gasteiger partial charge in [-0.25, -0.2) is 4.39 Å². The standard InChI is InChI=1S/C15H23FN2O2/c1-4-18(5-2)15(20)11-17(3)10-14(19)12-6-8-13(16)9-7-12/h6-9,14,19H,4-5,10-11H2,1-3H3. The summed E-state index contributed by atoms with van der Waals surface area (Å²) >= 11 is 0. The molecule has 1 amide bonds. The SMILES string of the molecule is CCN(CC)C(=O)CN(C)CC(O)c1ccc(F)cc1. The summed E-state index contributed by atoms with van der Waals surface area (Å²) in [5.74, 6) is -0.283. The van der Waals surface area contributed by atoms with Gasteiger partial charge in [-0.15, -0.1) is 0 Å². The summed E-state index contributed by atoms with van der Waals surface area (Å²) in [7, 11) is 1.79. The van der Waals surface area contributed by atoms with Gasteiger partial charge >= 0.3 is 0 Å². The van der Waals surface area contributed by atoms with Crippen molar-refractivity contribution in [2.24, 2.45) is 0 Å². The molecule has 1 aromatic carbocycles. The summed E-state index contributed by atoms with van der Waals surface area (Å²) in [5, 5.41) is 10.1. The molecule has 1 aromatic rings. The second kappa shape index (κ2) is 7.97. The summed E-state index contributed by atoms with van der Waals surface area (Å²) in [6.07, 6.45) is -0.731. The second-order valence-electron chi connectivity index (χ2n) is 4.83. The van der Waals surface area contributed by atoms with Crippen molar-refractivity contribution in [3.05, 3.63) is 35.6 Å². The summed E-state index contributed by atoms with van der Waals surface area (Å²) < 4.78 is 12.8. The van der Waals surface area contributed by atoms with Crippen molar-refractivity contribution in [3.63, 3.8) is 0 Å². The molecule has 0 aliphatic carbocycles. The van der Waals surface area contributed by atoms with Crippen LogP contribution in [0.2, 0.25) is 0 Å². The molecule has 1 rings (SSSR count). The average Bonchev–Trinajstić information content (AvgIpc) is 2.40. The van der Waals surface area contributed by atoms with Gasteiger partial charge in [0.25, 0.3) is 0 Å². The Kier molecular flexibility index (Phi) is 6.61. The molecule has 0 spiro atoms. The highest BCUT2D eigenvalue weighted by molar-refractivity contribution is 5.78. The van der Waals surface area contributed by atoms with Crippen LogP contribution < -0.4 is 0 Å². The van der Waals surface area contributed by atoms with Crippen LogP contribution in [0.1, 0.15) is 25.5 Å². The molecule has 0 saturated carbocycles. The molecule has 20 heavy (non-hydrogen) atoms. The van der Waals surface area contributed by atoms with Crippen molar-refractivity contribution in [2.75, 3.05) is 33.2 Å². The monoisotopic (exact) mass is 282 g/mol. The van der Waals surface area contributed by atoms with Crippen molar-refractivity contribution in [1.82, 2.24) is 9.80 Å². The first-order valence-electron chi connectivity index (χ1n) is 6.87. The van der Waals surface area contributed by atoms with Crippen molar-refractivity contribution >= 4 is 5.91 Å². The molecule has 112 valence electrons. The zero-order chi connectivity index (χ0) is 15.1. The lowest BCUT2D eigenvalue weighted by atomic mass is 10.1. The van der Waals surface area contributed by atoms with E-state index in [0.717, 1.165) is 0 Å². The first-order chi connectivity index (χ1) is 9.47. The molecule has 0 aliphatic rings. The maximum atomic E-state index is 12.8. The summed E-state index contributed by atoms with van der Waals surface area (Å²) in [6.45, 7) is 5.84. The summed E-state index contributed by atoms with van der Waals surface area (Å²) in [5.41, 5.74) is 0.647. The molecule has 4 nitrogen and oxygen atoms in total. The number of carbonyl (C=O) groups is 1. The number of halogens is 1. The number of rotatable bonds is 7. The maximum Gasteiger partial charge on any atom is 0.236 e. The highest BCUT2D eigenvalue weighted by Gasteiger charge is 2.16. The molecule has 1 atom stereocenters. The van der Waals surface area contributed by atoms with E-state index in [9.17, 15) is 14.3 Å². The van der Waals surface area contributed by atoms with E-state index in [-0.39, 0.29) is 18.3 Å². The predicted octanol–water partition coefficient (Wildman–Crippen LogP) is 1.66. The Hall–Kier alpha value is -1.46. The van der Waals surface area contributed by atoms with Gasteiger partial charge in [-0.1, -0.05) is 12.1 Å². The number of benzene rings is 1. The van der Waals surface area contributed by atoms with E-state index in [2.05, 4.69) is 0 Å². The van der Waals surface area contributed by atoms with Crippen LogP contribution in [0.25, 0.3) is 0 Å². The lowest BCUT2D eigenvalue weighted by molar-refractivity contribution is -0.132. The van der Waals surface area contributed by atoms with Crippen molar-refractivity contribution in [1.29, 1.82) is 0 Å². The number of aliphatic hydroxyl groups is 1. The molecule has 0 aromatic heterocycles. The molecule has 1 N–H and O–H groups in total. The van der Waals surface area contributed by atoms with Crippen LogP contribution in [0.15, 0.2) is 24.3 Å². The predicted molar refractivity (Wildman–Crippen MR) is 76.8 cm³/mol. The van der Waals surface area contributed by atoms with E-state index < -0.39 is 6.10 Å². The molecule has 0 bridgehead atoms. The summed E-state index contributed by atoms with van der Waals surface area (Å²) in [6, 6.07) is 5.75. The fraction of sp³-hybridized carbons (Fsp3) is 0.533. The lowest BCUT2D eigenvalue weighted by Gasteiger charge is -2.24. The van der Waals surface area contributed by atoms with Crippen LogP contribution in [0, 0.1) is 5.82 Å². The fourth-order valence-electron chi connectivity index (χ4n) is 2.06. The summed E-state index contributed by atoms with van der Waals surface area (Å²) in [4.78, 5) is 15.5. The van der Waals surface area contributed by atoms with Crippen LogP contribution in [-0.4, -0.2) is 54.0 Å². The molecule has 0 aliphatic heterocycles. The number of hydrogen-bond donors (Lipinski definition) is 1. The van der Waals surface area contributed by atoms with Gasteiger partial charge in [-0.05, 0) is 38.6 Å². The van der Waals surface area contributed by atoms with Crippen LogP contribution >= 0.6 is 0 Å². The van der Waals surface area contributed by atoms with Gasteiger partial charge < -0.3 is 10.0 Å². The van der Waals surface area contributed by atoms with E-state index in [1.807, 2.05) is 13.8 Å². The zero-order valence-corrected chi connectivity index (χ0v) is 12.3. The van der Waals surface area contributed by atoms with Gasteiger partial charge in [-0.2, -0.15) is 0 Å². The first kappa shape index (κ1) is 16.6. The van der Waals surface area contributed by atoms with Crippen molar-refractivity contribution in [3.8, 4) is 0 Å². The largest absolute Gasteiger partial charge is 0.387 e. The van der Waals surface area contributed by atoms with Crippen molar-refractivity contribution in [2.45, 2.75) is 20.0 Å². The molecule has 0 fully saturated rings. The lowest BCUT2D eigenvalue weighted by Crippen LogP contribution is -2.40. The Morgan fingerprint density at radius 1 is 1.25 bits per heavy atom. The third-order valence-corrected chi connectivity index (χ3v) is 3.26. The third-order valence-electron chi connectivity index (χ3n) is 3.26. The van der Waals surface area contributed by atoms with Crippen LogP contribution in [0.3, 0.4) is 0 Å². The molecule has 0 radical (unpaired) electrons. The molecule has 1 unspecified atom stereocenters. The number of carbonyl (C=O) groups excluding carboxylic acids is 1. The minimum atomic E-state index is -0.731. The minimum Gasteiger partial charge on any atom is -0.387 e. The Balaban J connectivity index is 2.51. The van der Waals surface area contributed by atoms with E-state index >= 15 is 0 Å². The highest BCUT2D eigenvalue weighted by Crippen LogP contribution is 2.14. The minimum absolute atomic E-state index is 0.0452. The fourth-order valence-corrected chi connectivity index (χ4v) is 2.06. The van der Waals surface area contributed by atoms with E-state index in [1.165, 1.54) is 12.1 Å². The average molecular weight is 282 g/mol. The molecule has 0 saturated heterocycles. The number of likely N-dealkylation sites (N-methyl/N-ethyl adjacent to an activating group) is 2. The number of nitrogens with zero attached hydrogens (tertiary/aromatic N) is 2. The van der Waals surface area contributed by atoms with Crippen molar-refractivity contribution < 1.29 is 14.3 Å². The molecular formula is C15H23FN2O2. The van der Waals surface area contributed by atoms with E-state index in [4.69, 9.17) is 0 Å². The first-order valence-corrected chi connectivity index (χ1v) is 6.87. The van der Waals surface area contributed by atoms with Gasteiger partial charge in [0.15, 0.2) is 0 Å². The van der Waals surface area contributed by atoms with Gasteiger partial charge in [-0.3, -0.25) is 9.69 Å². The van der Waals surface area contributed by atoms with Crippen LogP contribution in [0.4, 0.5) is 4.39 Å². The Labute approximate surface area is 119 Å². The molecular weight excluding hydrogens is 259 g/mol. The zero-order valence-electron chi connectivity index (χ0n) is 12.3. The Morgan fingerprint density at radius 3 is 2.30 bits per heavy atom. The van der Waals surface area contributed by atoms with E-state index in [0.29, 0.717) is 25.2 Å².